The average molecular weight is 387 g/mol. The maximum Gasteiger partial charge on any atom is 0.332 e. The SMILES string of the molecule is COC(=O)[C@@]1(C)C[C@@H](OC)CN1c1nc(Cl)nc(CC(C)C)c1[N+](=O)[O-]. The van der Waals surface area contributed by atoms with E-state index in [1.165, 1.54) is 14.2 Å². The Bertz CT molecular complexity index is 714. The van der Waals surface area contributed by atoms with Crippen LogP contribution in [-0.4, -0.2) is 53.3 Å². The van der Waals surface area contributed by atoms with Gasteiger partial charge in [-0.25, -0.2) is 9.78 Å². The van der Waals surface area contributed by atoms with Gasteiger partial charge in [-0.05, 0) is 30.9 Å². The van der Waals surface area contributed by atoms with Gasteiger partial charge in [0.25, 0.3) is 0 Å². The number of ether oxygens (including phenoxy) is 2. The van der Waals surface area contributed by atoms with Gasteiger partial charge < -0.3 is 14.4 Å². The number of hydrogen-bond acceptors (Lipinski definition) is 8. The number of anilines is 1. The maximum atomic E-state index is 12.4. The summed E-state index contributed by atoms with van der Waals surface area (Å²) in [7, 11) is 2.80. The summed E-state index contributed by atoms with van der Waals surface area (Å²) in [5.41, 5.74) is -1.16. The van der Waals surface area contributed by atoms with Crippen LogP contribution in [0.4, 0.5) is 11.5 Å². The number of aromatic nitrogens is 2. The topological polar surface area (TPSA) is 108 Å². The number of carbonyl (C=O) groups excluding carboxylic acids is 1. The van der Waals surface area contributed by atoms with Gasteiger partial charge >= 0.3 is 11.7 Å². The van der Waals surface area contributed by atoms with Gasteiger partial charge in [-0.3, -0.25) is 10.1 Å². The Morgan fingerprint density at radius 1 is 1.46 bits per heavy atom. The highest BCUT2D eigenvalue weighted by Crippen LogP contribution is 2.41. The molecule has 1 fully saturated rings. The molecule has 2 atom stereocenters. The van der Waals surface area contributed by atoms with E-state index in [0.29, 0.717) is 12.8 Å². The molecule has 2 heterocycles. The molecule has 1 aromatic heterocycles. The van der Waals surface area contributed by atoms with Crippen LogP contribution in [0.15, 0.2) is 0 Å². The van der Waals surface area contributed by atoms with Crippen molar-refractivity contribution in [2.75, 3.05) is 25.7 Å². The van der Waals surface area contributed by atoms with Crippen LogP contribution in [0.25, 0.3) is 0 Å². The van der Waals surface area contributed by atoms with E-state index in [2.05, 4.69) is 9.97 Å². The van der Waals surface area contributed by atoms with Crippen LogP contribution in [0.2, 0.25) is 5.28 Å². The van der Waals surface area contributed by atoms with Crippen LogP contribution < -0.4 is 4.90 Å². The van der Waals surface area contributed by atoms with Crippen molar-refractivity contribution in [1.29, 1.82) is 0 Å². The van der Waals surface area contributed by atoms with E-state index < -0.39 is 16.4 Å². The molecule has 0 amide bonds. The van der Waals surface area contributed by atoms with Gasteiger partial charge in [0.15, 0.2) is 0 Å². The molecule has 0 radical (unpaired) electrons. The van der Waals surface area contributed by atoms with E-state index in [1.807, 2.05) is 13.8 Å². The highest BCUT2D eigenvalue weighted by Gasteiger charge is 2.51. The minimum Gasteiger partial charge on any atom is -0.467 e. The quantitative estimate of drug-likeness (QED) is 0.317. The summed E-state index contributed by atoms with van der Waals surface area (Å²) in [6, 6.07) is 0. The second-order valence-electron chi connectivity index (χ2n) is 6.90. The summed E-state index contributed by atoms with van der Waals surface area (Å²) >= 11 is 6.05. The Kier molecular flexibility index (Phi) is 6.02. The number of methoxy groups -OCH3 is 2. The number of esters is 1. The smallest absolute Gasteiger partial charge is 0.332 e. The van der Waals surface area contributed by atoms with Crippen molar-refractivity contribution in [2.45, 2.75) is 45.3 Å². The van der Waals surface area contributed by atoms with Gasteiger partial charge in [0.1, 0.15) is 11.2 Å². The lowest BCUT2D eigenvalue weighted by Crippen LogP contribution is -2.49. The molecule has 0 saturated carbocycles. The van der Waals surface area contributed by atoms with Crippen molar-refractivity contribution in [2.24, 2.45) is 5.92 Å². The van der Waals surface area contributed by atoms with Gasteiger partial charge in [0, 0.05) is 20.1 Å². The number of hydrogen-bond donors (Lipinski definition) is 0. The van der Waals surface area contributed by atoms with Crippen LogP contribution in [0.5, 0.6) is 0 Å². The van der Waals surface area contributed by atoms with Crippen LogP contribution in [0, 0.1) is 16.0 Å². The van der Waals surface area contributed by atoms with Gasteiger partial charge in [0.05, 0.1) is 18.1 Å². The van der Waals surface area contributed by atoms with E-state index in [1.54, 1.807) is 11.8 Å². The molecule has 9 nitrogen and oxygen atoms in total. The fraction of sp³-hybridized carbons (Fsp3) is 0.688. The van der Waals surface area contributed by atoms with Crippen LogP contribution in [0.1, 0.15) is 32.9 Å². The van der Waals surface area contributed by atoms with E-state index in [9.17, 15) is 14.9 Å². The number of halogens is 1. The third-order valence-electron chi connectivity index (χ3n) is 4.52. The Morgan fingerprint density at radius 3 is 2.62 bits per heavy atom. The molecule has 1 saturated heterocycles. The molecule has 0 bridgehead atoms. The normalized spacial score (nSPS) is 22.7. The minimum absolute atomic E-state index is 0.0121. The second-order valence-corrected chi connectivity index (χ2v) is 7.24. The fourth-order valence-electron chi connectivity index (χ4n) is 3.28. The Balaban J connectivity index is 2.66. The van der Waals surface area contributed by atoms with Crippen LogP contribution >= 0.6 is 11.6 Å². The molecule has 0 spiro atoms. The first-order valence-electron chi connectivity index (χ1n) is 8.23. The lowest BCUT2D eigenvalue weighted by Gasteiger charge is -2.32. The Morgan fingerprint density at radius 2 is 2.12 bits per heavy atom. The predicted octanol–water partition coefficient (Wildman–Crippen LogP) is 2.39. The number of carbonyl (C=O) groups is 1. The van der Waals surface area contributed by atoms with Crippen molar-refractivity contribution in [3.05, 3.63) is 21.1 Å². The van der Waals surface area contributed by atoms with Gasteiger partial charge in [-0.1, -0.05) is 13.8 Å². The third kappa shape index (κ3) is 3.73. The zero-order valence-corrected chi connectivity index (χ0v) is 16.2. The lowest BCUT2D eigenvalue weighted by molar-refractivity contribution is -0.385. The largest absolute Gasteiger partial charge is 0.467 e. The predicted molar refractivity (Wildman–Crippen MR) is 95.4 cm³/mol. The molecule has 1 aliphatic rings. The summed E-state index contributed by atoms with van der Waals surface area (Å²) in [5, 5.41) is 11.7. The molecule has 144 valence electrons. The molecular formula is C16H23ClN4O5. The van der Waals surface area contributed by atoms with Crippen molar-refractivity contribution < 1.29 is 19.2 Å². The van der Waals surface area contributed by atoms with Gasteiger partial charge in [0.2, 0.25) is 11.1 Å². The first kappa shape index (κ1) is 20.3. The Labute approximate surface area is 156 Å². The van der Waals surface area contributed by atoms with E-state index in [0.717, 1.165) is 0 Å². The van der Waals surface area contributed by atoms with E-state index in [-0.39, 0.29) is 41.0 Å². The summed E-state index contributed by atoms with van der Waals surface area (Å²) in [6.45, 7) is 5.75. The summed E-state index contributed by atoms with van der Waals surface area (Å²) in [5.74, 6) is -0.380. The van der Waals surface area contributed by atoms with Crippen LogP contribution in [0.3, 0.4) is 0 Å². The molecule has 1 aliphatic heterocycles. The molecule has 2 rings (SSSR count). The standard InChI is InChI=1S/C16H23ClN4O5/c1-9(2)6-11-12(21(23)24)13(19-15(17)18-11)20-8-10(25-4)7-16(20,3)14(22)26-5/h9-10H,6-8H2,1-5H3/t10-,16-/m1/s1. The molecular weight excluding hydrogens is 364 g/mol. The highest BCUT2D eigenvalue weighted by atomic mass is 35.5. The average Bonchev–Trinajstić information content (AvgIpc) is 2.90. The maximum absolute atomic E-state index is 12.4. The Hall–Kier alpha value is -2.00. The van der Waals surface area contributed by atoms with Crippen LogP contribution in [-0.2, 0) is 20.7 Å². The number of nitro groups is 1. The minimum atomic E-state index is -1.16. The van der Waals surface area contributed by atoms with E-state index >= 15 is 0 Å². The number of nitrogens with zero attached hydrogens (tertiary/aromatic N) is 4. The molecule has 26 heavy (non-hydrogen) atoms. The highest BCUT2D eigenvalue weighted by molar-refractivity contribution is 6.28. The summed E-state index contributed by atoms with van der Waals surface area (Å²) < 4.78 is 10.3. The monoisotopic (exact) mass is 386 g/mol. The zero-order valence-electron chi connectivity index (χ0n) is 15.5. The third-order valence-corrected chi connectivity index (χ3v) is 4.68. The first-order chi connectivity index (χ1) is 12.1. The van der Waals surface area contributed by atoms with Gasteiger partial charge in [-0.15, -0.1) is 0 Å². The van der Waals surface area contributed by atoms with E-state index in [4.69, 9.17) is 21.1 Å². The molecule has 10 heteroatoms. The second kappa shape index (κ2) is 7.71. The lowest BCUT2D eigenvalue weighted by atomic mass is 9.98. The van der Waals surface area contributed by atoms with Crippen molar-refractivity contribution in [1.82, 2.24) is 9.97 Å². The molecule has 0 N–H and O–H groups in total. The van der Waals surface area contributed by atoms with Gasteiger partial charge in [-0.2, -0.15) is 4.98 Å². The molecule has 0 aromatic carbocycles. The molecule has 1 aromatic rings. The number of rotatable bonds is 6. The summed E-state index contributed by atoms with van der Waals surface area (Å²) in [4.78, 5) is 33.4. The first-order valence-corrected chi connectivity index (χ1v) is 8.61. The van der Waals surface area contributed by atoms with Crippen molar-refractivity contribution in [3.63, 3.8) is 0 Å². The van der Waals surface area contributed by atoms with Crippen molar-refractivity contribution >= 4 is 29.1 Å². The van der Waals surface area contributed by atoms with Crippen molar-refractivity contribution in [3.8, 4) is 0 Å². The molecule has 0 unspecified atom stereocenters. The molecule has 0 aliphatic carbocycles. The fourth-order valence-corrected chi connectivity index (χ4v) is 3.46. The zero-order chi connectivity index (χ0) is 19.6. The summed E-state index contributed by atoms with van der Waals surface area (Å²) in [6.07, 6.45) is 0.372.